The molecule has 2 amide bonds. The Morgan fingerprint density at radius 3 is 2.87 bits per heavy atom. The van der Waals surface area contributed by atoms with Crippen LogP contribution in [0.25, 0.3) is 0 Å². The van der Waals surface area contributed by atoms with E-state index in [2.05, 4.69) is 10.6 Å². The van der Waals surface area contributed by atoms with E-state index in [0.29, 0.717) is 6.61 Å². The number of hydrogen-bond acceptors (Lipinski definition) is 4. The molecule has 6 nitrogen and oxygen atoms in total. The Bertz CT molecular complexity index is 682. The zero-order valence-corrected chi connectivity index (χ0v) is 12.6. The lowest BCUT2D eigenvalue weighted by Gasteiger charge is -2.26. The van der Waals surface area contributed by atoms with E-state index in [1.54, 1.807) is 12.1 Å². The van der Waals surface area contributed by atoms with Crippen LogP contribution in [0.5, 0.6) is 5.75 Å². The van der Waals surface area contributed by atoms with Gasteiger partial charge in [0, 0.05) is 24.9 Å². The first kappa shape index (κ1) is 15.1. The average Bonchev–Trinajstić information content (AvgIpc) is 3.10. The smallest absolute Gasteiger partial charge is 0.286 e. The van der Waals surface area contributed by atoms with Crippen LogP contribution in [-0.2, 0) is 4.79 Å². The van der Waals surface area contributed by atoms with Crippen LogP contribution in [0.4, 0.5) is 0 Å². The zero-order chi connectivity index (χ0) is 16.1. The number of furan rings is 1. The summed E-state index contributed by atoms with van der Waals surface area (Å²) in [6, 6.07) is 10.9. The molecule has 2 aromatic rings. The third-order valence-electron chi connectivity index (χ3n) is 3.68. The third kappa shape index (κ3) is 3.71. The highest BCUT2D eigenvalue weighted by Crippen LogP contribution is 2.31. The van der Waals surface area contributed by atoms with Gasteiger partial charge in [-0.1, -0.05) is 18.2 Å². The second-order valence-electron chi connectivity index (χ2n) is 5.28. The molecular weight excluding hydrogens is 296 g/mol. The number of carbonyl (C=O) groups is 2. The van der Waals surface area contributed by atoms with E-state index >= 15 is 0 Å². The van der Waals surface area contributed by atoms with Gasteiger partial charge in [-0.05, 0) is 18.2 Å². The molecule has 1 aromatic heterocycles. The predicted octanol–water partition coefficient (Wildman–Crippen LogP) is 2.04. The Morgan fingerprint density at radius 1 is 1.17 bits per heavy atom. The summed E-state index contributed by atoms with van der Waals surface area (Å²) in [6.07, 6.45) is 2.39. The highest BCUT2D eigenvalue weighted by molar-refractivity contribution is 5.91. The van der Waals surface area contributed by atoms with Crippen LogP contribution in [0, 0.1) is 0 Å². The first-order valence-electron chi connectivity index (χ1n) is 7.57. The summed E-state index contributed by atoms with van der Waals surface area (Å²) < 4.78 is 10.6. The van der Waals surface area contributed by atoms with Gasteiger partial charge in [0.1, 0.15) is 5.75 Å². The molecule has 1 aromatic carbocycles. The summed E-state index contributed by atoms with van der Waals surface area (Å²) in [7, 11) is 0. The number of nitrogens with one attached hydrogen (secondary N) is 2. The molecule has 1 atom stereocenters. The van der Waals surface area contributed by atoms with Crippen LogP contribution >= 0.6 is 0 Å². The van der Waals surface area contributed by atoms with Gasteiger partial charge in [-0.15, -0.1) is 0 Å². The first-order chi connectivity index (χ1) is 11.2. The largest absolute Gasteiger partial charge is 0.493 e. The van der Waals surface area contributed by atoms with Crippen molar-refractivity contribution in [3.05, 3.63) is 54.0 Å². The van der Waals surface area contributed by atoms with Crippen LogP contribution < -0.4 is 15.4 Å². The lowest BCUT2D eigenvalue weighted by atomic mass is 10.0. The minimum atomic E-state index is -0.320. The van der Waals surface area contributed by atoms with E-state index in [-0.39, 0.29) is 36.6 Å². The van der Waals surface area contributed by atoms with E-state index in [4.69, 9.17) is 9.15 Å². The number of benzene rings is 1. The van der Waals surface area contributed by atoms with Crippen molar-refractivity contribution in [2.45, 2.75) is 18.9 Å². The number of rotatable bonds is 5. The molecule has 1 aliphatic rings. The Labute approximate surface area is 133 Å². The van der Waals surface area contributed by atoms with E-state index < -0.39 is 0 Å². The van der Waals surface area contributed by atoms with Gasteiger partial charge in [0.05, 0.1) is 18.9 Å². The third-order valence-corrected chi connectivity index (χ3v) is 3.68. The van der Waals surface area contributed by atoms with Crippen LogP contribution in [-0.4, -0.2) is 25.0 Å². The van der Waals surface area contributed by atoms with Crippen molar-refractivity contribution in [2.75, 3.05) is 13.2 Å². The van der Waals surface area contributed by atoms with Crippen molar-refractivity contribution in [2.24, 2.45) is 0 Å². The molecule has 2 N–H and O–H groups in total. The number of fused-ring (bicyclic) bond motifs is 1. The van der Waals surface area contributed by atoms with Crippen LogP contribution in [0.3, 0.4) is 0 Å². The monoisotopic (exact) mass is 314 g/mol. The minimum absolute atomic E-state index is 0.0479. The molecule has 3 rings (SSSR count). The highest BCUT2D eigenvalue weighted by Gasteiger charge is 2.22. The number of para-hydroxylation sites is 1. The van der Waals surface area contributed by atoms with Gasteiger partial charge in [-0.2, -0.15) is 0 Å². The molecule has 1 unspecified atom stereocenters. The highest BCUT2D eigenvalue weighted by atomic mass is 16.5. The molecule has 2 heterocycles. The first-order valence-corrected chi connectivity index (χ1v) is 7.57. The Morgan fingerprint density at radius 2 is 2.04 bits per heavy atom. The summed E-state index contributed by atoms with van der Waals surface area (Å²) in [5, 5.41) is 5.64. The van der Waals surface area contributed by atoms with Crippen molar-refractivity contribution in [1.29, 1.82) is 0 Å². The SMILES string of the molecule is O=C(CCNC(=O)c1ccco1)NC1CCOc2ccccc21. The number of ether oxygens (including phenoxy) is 1. The molecule has 0 spiro atoms. The van der Waals surface area contributed by atoms with Crippen LogP contribution in [0.1, 0.15) is 35.0 Å². The fraction of sp³-hybridized carbons (Fsp3) is 0.294. The van der Waals surface area contributed by atoms with Gasteiger partial charge < -0.3 is 19.8 Å². The molecular formula is C17H18N2O4. The Balaban J connectivity index is 1.48. The van der Waals surface area contributed by atoms with E-state index in [9.17, 15) is 9.59 Å². The normalized spacial score (nSPS) is 16.1. The molecule has 6 heteroatoms. The second-order valence-corrected chi connectivity index (χ2v) is 5.28. The number of hydrogen-bond donors (Lipinski definition) is 2. The molecule has 23 heavy (non-hydrogen) atoms. The molecule has 0 saturated heterocycles. The quantitative estimate of drug-likeness (QED) is 0.885. The Kier molecular flexibility index (Phi) is 4.61. The molecule has 0 saturated carbocycles. The summed E-state index contributed by atoms with van der Waals surface area (Å²) in [5.74, 6) is 0.629. The van der Waals surface area contributed by atoms with Gasteiger partial charge in [0.2, 0.25) is 5.91 Å². The van der Waals surface area contributed by atoms with Crippen molar-refractivity contribution >= 4 is 11.8 Å². The minimum Gasteiger partial charge on any atom is -0.493 e. The van der Waals surface area contributed by atoms with Gasteiger partial charge >= 0.3 is 0 Å². The standard InChI is InChI=1S/C17H18N2O4/c20-16(7-9-18-17(21)15-6-3-10-22-15)19-13-8-11-23-14-5-2-1-4-12(13)14/h1-6,10,13H,7-9,11H2,(H,18,21)(H,19,20). The predicted molar refractivity (Wildman–Crippen MR) is 83.1 cm³/mol. The molecule has 120 valence electrons. The van der Waals surface area contributed by atoms with Gasteiger partial charge in [-0.3, -0.25) is 9.59 Å². The fourth-order valence-corrected chi connectivity index (χ4v) is 2.54. The molecule has 0 aliphatic carbocycles. The Hall–Kier alpha value is -2.76. The molecule has 0 bridgehead atoms. The zero-order valence-electron chi connectivity index (χ0n) is 12.6. The van der Waals surface area contributed by atoms with E-state index in [0.717, 1.165) is 17.7 Å². The maximum Gasteiger partial charge on any atom is 0.286 e. The van der Waals surface area contributed by atoms with E-state index in [1.165, 1.54) is 6.26 Å². The van der Waals surface area contributed by atoms with Gasteiger partial charge in [0.15, 0.2) is 5.76 Å². The van der Waals surface area contributed by atoms with E-state index in [1.807, 2.05) is 24.3 Å². The average molecular weight is 314 g/mol. The van der Waals surface area contributed by atoms with Crippen molar-refractivity contribution in [1.82, 2.24) is 10.6 Å². The topological polar surface area (TPSA) is 80.6 Å². The molecule has 0 radical (unpaired) electrons. The van der Waals surface area contributed by atoms with Crippen molar-refractivity contribution in [3.8, 4) is 5.75 Å². The summed E-state index contributed by atoms with van der Waals surface area (Å²) >= 11 is 0. The second kappa shape index (κ2) is 7.00. The fourth-order valence-electron chi connectivity index (χ4n) is 2.54. The lowest BCUT2D eigenvalue weighted by molar-refractivity contribution is -0.121. The van der Waals surface area contributed by atoms with Crippen molar-refractivity contribution in [3.63, 3.8) is 0 Å². The van der Waals surface area contributed by atoms with Gasteiger partial charge in [0.25, 0.3) is 5.91 Å². The van der Waals surface area contributed by atoms with Crippen LogP contribution in [0.15, 0.2) is 47.1 Å². The summed E-state index contributed by atoms with van der Waals surface area (Å²) in [5.41, 5.74) is 0.992. The molecule has 1 aliphatic heterocycles. The maximum absolute atomic E-state index is 12.1. The maximum atomic E-state index is 12.1. The number of amides is 2. The summed E-state index contributed by atoms with van der Waals surface area (Å²) in [6.45, 7) is 0.841. The van der Waals surface area contributed by atoms with Crippen molar-refractivity contribution < 1.29 is 18.7 Å². The summed E-state index contributed by atoms with van der Waals surface area (Å²) in [4.78, 5) is 23.8. The molecule has 0 fully saturated rings. The lowest BCUT2D eigenvalue weighted by Crippen LogP contribution is -2.34. The van der Waals surface area contributed by atoms with Gasteiger partial charge in [-0.25, -0.2) is 0 Å². The van der Waals surface area contributed by atoms with Crippen LogP contribution in [0.2, 0.25) is 0 Å². The number of carbonyl (C=O) groups excluding carboxylic acids is 2.